The van der Waals surface area contributed by atoms with Crippen LogP contribution in [0, 0.1) is 16.0 Å². The molecular formula is C21H26N4O3. The highest BCUT2D eigenvalue weighted by molar-refractivity contribution is 5.79. The Bertz CT molecular complexity index is 839. The predicted octanol–water partition coefficient (Wildman–Crippen LogP) is 3.51. The quantitative estimate of drug-likeness (QED) is 0.611. The smallest absolute Gasteiger partial charge is 0.292 e. The number of amides is 1. The van der Waals surface area contributed by atoms with Crippen LogP contribution in [0.4, 0.5) is 17.1 Å². The zero-order valence-corrected chi connectivity index (χ0v) is 16.3. The van der Waals surface area contributed by atoms with Crippen LogP contribution in [0.1, 0.15) is 18.4 Å². The van der Waals surface area contributed by atoms with Crippen molar-refractivity contribution in [1.29, 1.82) is 0 Å². The standard InChI is InChI=1S/C21H26N4O3/c1-23(2)21(26)17-9-6-12-24(15-17)18-10-11-20(25(27)28)19(13-18)22-14-16-7-4-3-5-8-16/h3-5,7-8,10-11,13,17,22H,6,9,12,14-15H2,1-2H3. The average Bonchev–Trinajstić information content (AvgIpc) is 2.72. The van der Waals surface area contributed by atoms with Gasteiger partial charge < -0.3 is 15.1 Å². The minimum atomic E-state index is -0.369. The number of piperidine rings is 1. The lowest BCUT2D eigenvalue weighted by Crippen LogP contribution is -2.42. The van der Waals surface area contributed by atoms with Gasteiger partial charge in [0.25, 0.3) is 5.69 Å². The number of nitrogens with one attached hydrogen (secondary N) is 1. The van der Waals surface area contributed by atoms with Crippen LogP contribution in [0.3, 0.4) is 0 Å². The summed E-state index contributed by atoms with van der Waals surface area (Å²) in [5.74, 6) is 0.0914. The van der Waals surface area contributed by atoms with Gasteiger partial charge in [0, 0.05) is 45.5 Å². The number of anilines is 2. The van der Waals surface area contributed by atoms with Gasteiger partial charge in [-0.3, -0.25) is 14.9 Å². The van der Waals surface area contributed by atoms with E-state index in [0.717, 1.165) is 30.6 Å². The fourth-order valence-electron chi connectivity index (χ4n) is 3.59. The van der Waals surface area contributed by atoms with Crippen LogP contribution in [0.25, 0.3) is 0 Å². The van der Waals surface area contributed by atoms with Crippen LogP contribution in [0.5, 0.6) is 0 Å². The third kappa shape index (κ3) is 4.60. The molecule has 1 aliphatic rings. The molecule has 1 aliphatic heterocycles. The van der Waals surface area contributed by atoms with Crippen molar-refractivity contribution in [3.8, 4) is 0 Å². The molecule has 1 unspecified atom stereocenters. The summed E-state index contributed by atoms with van der Waals surface area (Å²) in [4.78, 5) is 27.2. The van der Waals surface area contributed by atoms with Gasteiger partial charge in [0.2, 0.25) is 5.91 Å². The summed E-state index contributed by atoms with van der Waals surface area (Å²) in [5, 5.41) is 14.6. The van der Waals surface area contributed by atoms with Gasteiger partial charge in [-0.05, 0) is 30.5 Å². The molecule has 0 saturated carbocycles. The molecule has 1 amide bonds. The fourth-order valence-corrected chi connectivity index (χ4v) is 3.59. The Hall–Kier alpha value is -3.09. The molecule has 1 atom stereocenters. The SMILES string of the molecule is CN(C)C(=O)C1CCCN(c2ccc([N+](=O)[O-])c(NCc3ccccc3)c2)C1. The summed E-state index contributed by atoms with van der Waals surface area (Å²) >= 11 is 0. The van der Waals surface area contributed by atoms with Crippen LogP contribution >= 0.6 is 0 Å². The van der Waals surface area contributed by atoms with Gasteiger partial charge in [0.15, 0.2) is 0 Å². The van der Waals surface area contributed by atoms with E-state index < -0.39 is 0 Å². The number of hydrogen-bond acceptors (Lipinski definition) is 5. The Labute approximate surface area is 165 Å². The number of hydrogen-bond donors (Lipinski definition) is 1. The summed E-state index contributed by atoms with van der Waals surface area (Å²) in [7, 11) is 3.55. The molecule has 0 spiro atoms. The molecule has 28 heavy (non-hydrogen) atoms. The van der Waals surface area contributed by atoms with Crippen molar-refractivity contribution < 1.29 is 9.72 Å². The third-order valence-corrected chi connectivity index (χ3v) is 5.08. The molecular weight excluding hydrogens is 356 g/mol. The Morgan fingerprint density at radius 2 is 2.00 bits per heavy atom. The molecule has 3 rings (SSSR count). The van der Waals surface area contributed by atoms with E-state index >= 15 is 0 Å². The monoisotopic (exact) mass is 382 g/mol. The largest absolute Gasteiger partial charge is 0.375 e. The highest BCUT2D eigenvalue weighted by Gasteiger charge is 2.27. The molecule has 148 valence electrons. The molecule has 0 radical (unpaired) electrons. The average molecular weight is 382 g/mol. The van der Waals surface area contributed by atoms with Gasteiger partial charge in [-0.25, -0.2) is 0 Å². The number of nitro benzene ring substituents is 1. The van der Waals surface area contributed by atoms with E-state index in [1.165, 1.54) is 0 Å². The van der Waals surface area contributed by atoms with Crippen molar-refractivity contribution in [2.75, 3.05) is 37.4 Å². The van der Waals surface area contributed by atoms with E-state index in [4.69, 9.17) is 0 Å². The molecule has 1 heterocycles. The van der Waals surface area contributed by atoms with Crippen LogP contribution in [0.15, 0.2) is 48.5 Å². The first-order valence-corrected chi connectivity index (χ1v) is 9.48. The highest BCUT2D eigenvalue weighted by Crippen LogP contribution is 2.32. The maximum absolute atomic E-state index is 12.3. The molecule has 1 fully saturated rings. The lowest BCUT2D eigenvalue weighted by molar-refractivity contribution is -0.384. The van der Waals surface area contributed by atoms with Crippen LogP contribution in [-0.2, 0) is 11.3 Å². The van der Waals surface area contributed by atoms with Gasteiger partial charge in [0.05, 0.1) is 10.8 Å². The van der Waals surface area contributed by atoms with Crippen molar-refractivity contribution in [2.45, 2.75) is 19.4 Å². The summed E-state index contributed by atoms with van der Waals surface area (Å²) in [6.07, 6.45) is 1.80. The van der Waals surface area contributed by atoms with E-state index in [9.17, 15) is 14.9 Å². The first kappa shape index (κ1) is 19.7. The second-order valence-corrected chi connectivity index (χ2v) is 7.32. The van der Waals surface area contributed by atoms with E-state index in [0.29, 0.717) is 18.8 Å². The van der Waals surface area contributed by atoms with E-state index in [1.54, 1.807) is 31.1 Å². The first-order chi connectivity index (χ1) is 13.5. The Morgan fingerprint density at radius 1 is 1.25 bits per heavy atom. The van der Waals surface area contributed by atoms with Gasteiger partial charge in [-0.15, -0.1) is 0 Å². The lowest BCUT2D eigenvalue weighted by Gasteiger charge is -2.35. The Morgan fingerprint density at radius 3 is 2.68 bits per heavy atom. The maximum Gasteiger partial charge on any atom is 0.292 e. The maximum atomic E-state index is 12.3. The number of rotatable bonds is 6. The number of carbonyl (C=O) groups excluding carboxylic acids is 1. The molecule has 1 N–H and O–H groups in total. The van der Waals surface area contributed by atoms with Crippen LogP contribution < -0.4 is 10.2 Å². The minimum Gasteiger partial charge on any atom is -0.375 e. The van der Waals surface area contributed by atoms with Crippen molar-refractivity contribution in [2.24, 2.45) is 5.92 Å². The molecule has 0 aromatic heterocycles. The number of benzene rings is 2. The lowest BCUT2D eigenvalue weighted by atomic mass is 9.96. The van der Waals surface area contributed by atoms with E-state index in [1.807, 2.05) is 36.4 Å². The van der Waals surface area contributed by atoms with Gasteiger partial charge in [-0.2, -0.15) is 0 Å². The van der Waals surface area contributed by atoms with Crippen molar-refractivity contribution in [1.82, 2.24) is 4.90 Å². The predicted molar refractivity (Wildman–Crippen MR) is 110 cm³/mol. The Kier molecular flexibility index (Phi) is 6.13. The van der Waals surface area contributed by atoms with Crippen LogP contribution in [0.2, 0.25) is 0 Å². The zero-order chi connectivity index (χ0) is 20.1. The summed E-state index contributed by atoms with van der Waals surface area (Å²) in [6.45, 7) is 1.98. The van der Waals surface area contributed by atoms with Crippen molar-refractivity contribution >= 4 is 23.0 Å². The van der Waals surface area contributed by atoms with E-state index in [2.05, 4.69) is 10.2 Å². The normalized spacial score (nSPS) is 16.5. The molecule has 2 aromatic rings. The van der Waals surface area contributed by atoms with Gasteiger partial charge in [0.1, 0.15) is 5.69 Å². The second-order valence-electron chi connectivity index (χ2n) is 7.32. The van der Waals surface area contributed by atoms with Crippen molar-refractivity contribution in [3.63, 3.8) is 0 Å². The van der Waals surface area contributed by atoms with Crippen molar-refractivity contribution in [3.05, 3.63) is 64.2 Å². The summed E-state index contributed by atoms with van der Waals surface area (Å²) < 4.78 is 0. The fraction of sp³-hybridized carbons (Fsp3) is 0.381. The second kappa shape index (κ2) is 8.73. The van der Waals surface area contributed by atoms with E-state index in [-0.39, 0.29) is 22.4 Å². The number of nitro groups is 1. The highest BCUT2D eigenvalue weighted by atomic mass is 16.6. The molecule has 7 heteroatoms. The first-order valence-electron chi connectivity index (χ1n) is 9.48. The van der Waals surface area contributed by atoms with Crippen LogP contribution in [-0.4, -0.2) is 42.9 Å². The topological polar surface area (TPSA) is 78.7 Å². The molecule has 0 bridgehead atoms. The summed E-state index contributed by atoms with van der Waals surface area (Å²) in [5.41, 5.74) is 2.50. The number of nitrogens with zero attached hydrogens (tertiary/aromatic N) is 3. The summed E-state index contributed by atoms with van der Waals surface area (Å²) in [6, 6.07) is 14.9. The third-order valence-electron chi connectivity index (χ3n) is 5.08. The minimum absolute atomic E-state index is 0.0420. The van der Waals surface area contributed by atoms with Gasteiger partial charge in [-0.1, -0.05) is 30.3 Å². The Balaban J connectivity index is 1.80. The number of carbonyl (C=O) groups is 1. The molecule has 2 aromatic carbocycles. The van der Waals surface area contributed by atoms with Gasteiger partial charge >= 0.3 is 0 Å². The molecule has 7 nitrogen and oxygen atoms in total. The zero-order valence-electron chi connectivity index (χ0n) is 16.3. The molecule has 0 aliphatic carbocycles. The molecule has 1 saturated heterocycles.